The molecule has 1 saturated carbocycles. The number of methoxy groups -OCH3 is 3. The average molecular weight is 958 g/mol. The van der Waals surface area contributed by atoms with Crippen LogP contribution >= 0.6 is 0 Å². The fraction of sp³-hybridized carbons (Fsp3) is 0.755. The molecule has 15 atom stereocenters. The monoisotopic (exact) mass is 958 g/mol. The quantitative estimate of drug-likeness (QED) is 0.137. The second kappa shape index (κ2) is 27.3. The molecular weight excluding hydrogens is 875 g/mol. The molecule has 0 unspecified atom stereocenters. The summed E-state index contributed by atoms with van der Waals surface area (Å²) in [6, 6.07) is 0. The van der Waals surface area contributed by atoms with Gasteiger partial charge in [-0.15, -0.1) is 0 Å². The predicted octanol–water partition coefficient (Wildman–Crippen LogP) is 6.05. The van der Waals surface area contributed by atoms with Gasteiger partial charge < -0.3 is 48.6 Å². The first-order valence-electron chi connectivity index (χ1n) is 25.0. The van der Waals surface area contributed by atoms with Crippen molar-refractivity contribution in [3.63, 3.8) is 0 Å². The Balaban J connectivity index is 1.65. The van der Waals surface area contributed by atoms with Crippen LogP contribution in [0.15, 0.2) is 47.6 Å². The van der Waals surface area contributed by atoms with Crippen molar-refractivity contribution < 1.29 is 67.7 Å². The van der Waals surface area contributed by atoms with Crippen molar-refractivity contribution in [2.24, 2.45) is 41.4 Å². The second-order valence-corrected chi connectivity index (χ2v) is 20.2. The standard InChI is InChI=1S/C53H83NO14/c1-32-15-12-11-13-16-33(2)44(63-8)29-41-20-18-38(7)53(62,68-41)50(59)51(60)54-22-14-17-40(31-54)52(61)67-45(35(4)27-39-19-21-43(66-24-23-55)46(28-39)64-9)30-42(56)34(3)26-37(6)48(58)49(65-10)47(57)36(5)25-32/h11-13,15-16,26,32,34-36,38-41,43-46,48-49,55,58,62H,14,17-25,27-31H2,1-10H3/b13-11+,15-12-,33-16+,37-26+/t32-,34-,35-,36-,38-,39+,40-,41+,43-,44+,45+,46-,48-,49+,53-/m1/s1. The zero-order valence-electron chi connectivity index (χ0n) is 42.4. The van der Waals surface area contributed by atoms with Gasteiger partial charge in [-0.05, 0) is 101 Å². The number of ketones is 3. The highest BCUT2D eigenvalue weighted by molar-refractivity contribution is 6.38. The Morgan fingerprint density at radius 1 is 0.868 bits per heavy atom. The number of Topliss-reactive ketones (excluding diaryl/α,β-unsaturated/α-hetero) is 3. The van der Waals surface area contributed by atoms with Gasteiger partial charge in [0.05, 0.1) is 43.5 Å². The van der Waals surface area contributed by atoms with Crippen molar-refractivity contribution in [3.05, 3.63) is 47.6 Å². The van der Waals surface area contributed by atoms with E-state index in [1.165, 1.54) is 12.0 Å². The van der Waals surface area contributed by atoms with E-state index >= 15 is 0 Å². The molecule has 15 heteroatoms. The Hall–Kier alpha value is -3.41. The number of carbonyl (C=O) groups is 5. The predicted molar refractivity (Wildman–Crippen MR) is 256 cm³/mol. The molecule has 2 saturated heterocycles. The van der Waals surface area contributed by atoms with Gasteiger partial charge in [0.2, 0.25) is 5.79 Å². The van der Waals surface area contributed by atoms with Crippen LogP contribution in [-0.4, -0.2) is 146 Å². The first-order valence-corrected chi connectivity index (χ1v) is 25.0. The van der Waals surface area contributed by atoms with Gasteiger partial charge in [-0.2, -0.15) is 0 Å². The van der Waals surface area contributed by atoms with E-state index < -0.39 is 77.6 Å². The van der Waals surface area contributed by atoms with Gasteiger partial charge in [-0.3, -0.25) is 24.0 Å². The van der Waals surface area contributed by atoms with E-state index in [2.05, 4.69) is 0 Å². The summed E-state index contributed by atoms with van der Waals surface area (Å²) in [5.41, 5.74) is 1.29. The van der Waals surface area contributed by atoms with Gasteiger partial charge in [0.1, 0.15) is 24.1 Å². The van der Waals surface area contributed by atoms with Gasteiger partial charge in [-0.1, -0.05) is 71.1 Å². The zero-order valence-corrected chi connectivity index (χ0v) is 42.4. The average Bonchev–Trinajstić information content (AvgIpc) is 3.32. The number of nitrogens with zero attached hydrogens (tertiary/aromatic N) is 1. The summed E-state index contributed by atoms with van der Waals surface area (Å²) in [5.74, 6) is -8.17. The van der Waals surface area contributed by atoms with E-state index in [4.69, 9.17) is 28.4 Å². The summed E-state index contributed by atoms with van der Waals surface area (Å²) < 4.78 is 35.5. The molecule has 3 heterocycles. The molecule has 0 aromatic heterocycles. The van der Waals surface area contributed by atoms with Gasteiger partial charge in [-0.25, -0.2) is 0 Å². The highest BCUT2D eigenvalue weighted by Crippen LogP contribution is 2.38. The number of hydrogen-bond donors (Lipinski definition) is 3. The topological polar surface area (TPSA) is 205 Å². The third-order valence-corrected chi connectivity index (χ3v) is 14.9. The van der Waals surface area contributed by atoms with Crippen LogP contribution in [0.3, 0.4) is 0 Å². The van der Waals surface area contributed by atoms with E-state index in [0.717, 1.165) is 18.4 Å². The van der Waals surface area contributed by atoms with Gasteiger partial charge >= 0.3 is 5.97 Å². The van der Waals surface area contributed by atoms with Crippen molar-refractivity contribution in [3.8, 4) is 0 Å². The minimum absolute atomic E-state index is 0.0157. The van der Waals surface area contributed by atoms with E-state index in [-0.39, 0.29) is 74.3 Å². The SMILES string of the molecule is CO[C@H]1C[C@@H]2CC[C@@H](C)[C@@](O)(O2)C(=O)C(=O)N2CCC[C@H](C2)C(=O)O[C@H]([C@H](C)C[C@@H]2CC[C@@H](OCCO)[C@H](OC)C2)CC(=O)[C@H](C)/C=C(\C)[C@@H](O)[C@@H](OC)C(=O)[C@H](C)C[C@H](C)\C=C/C=C/C=C/1C. The van der Waals surface area contributed by atoms with E-state index in [1.807, 2.05) is 58.1 Å². The zero-order chi connectivity index (χ0) is 50.3. The molecule has 384 valence electrons. The number of hydrogen-bond acceptors (Lipinski definition) is 14. The molecule has 0 aromatic carbocycles. The van der Waals surface area contributed by atoms with Gasteiger partial charge in [0.15, 0.2) is 5.78 Å². The summed E-state index contributed by atoms with van der Waals surface area (Å²) >= 11 is 0. The van der Waals surface area contributed by atoms with Gasteiger partial charge in [0.25, 0.3) is 11.7 Å². The van der Waals surface area contributed by atoms with Crippen molar-refractivity contribution in [2.45, 2.75) is 168 Å². The first-order chi connectivity index (χ1) is 32.3. The first kappa shape index (κ1) is 57.2. The Kier molecular flexibility index (Phi) is 22.9. The Morgan fingerprint density at radius 3 is 2.28 bits per heavy atom. The molecule has 3 N–H and O–H groups in total. The number of rotatable bonds is 9. The number of cyclic esters (lactones) is 1. The lowest BCUT2D eigenvalue weighted by Crippen LogP contribution is -2.59. The lowest BCUT2D eigenvalue weighted by Gasteiger charge is -2.42. The van der Waals surface area contributed by atoms with Crippen molar-refractivity contribution in [1.29, 1.82) is 0 Å². The maximum atomic E-state index is 14.2. The number of ether oxygens (including phenoxy) is 6. The fourth-order valence-corrected chi connectivity index (χ4v) is 10.5. The van der Waals surface area contributed by atoms with Crippen LogP contribution in [0.25, 0.3) is 0 Å². The third kappa shape index (κ3) is 15.5. The maximum absolute atomic E-state index is 14.2. The molecule has 3 aliphatic heterocycles. The molecule has 3 fully saturated rings. The molecule has 4 rings (SSSR count). The maximum Gasteiger partial charge on any atom is 0.311 e. The summed E-state index contributed by atoms with van der Waals surface area (Å²) in [4.78, 5) is 71.4. The van der Waals surface area contributed by atoms with Gasteiger partial charge in [0, 0.05) is 65.0 Å². The summed E-state index contributed by atoms with van der Waals surface area (Å²) in [6.07, 6.45) is 11.9. The molecule has 4 aliphatic rings. The van der Waals surface area contributed by atoms with Crippen molar-refractivity contribution in [2.75, 3.05) is 47.6 Å². The summed E-state index contributed by atoms with van der Waals surface area (Å²) in [7, 11) is 4.60. The molecule has 1 aliphatic carbocycles. The molecule has 1 amide bonds. The fourth-order valence-electron chi connectivity index (χ4n) is 10.5. The minimum atomic E-state index is -2.37. The highest BCUT2D eigenvalue weighted by atomic mass is 16.6. The van der Waals surface area contributed by atoms with Crippen molar-refractivity contribution >= 4 is 29.2 Å². The largest absolute Gasteiger partial charge is 0.461 e. The number of aliphatic hydroxyl groups excluding tert-OH is 2. The van der Waals surface area contributed by atoms with Crippen LogP contribution in [0.5, 0.6) is 0 Å². The number of amides is 1. The molecule has 0 radical (unpaired) electrons. The van der Waals surface area contributed by atoms with Crippen LogP contribution in [0.1, 0.15) is 119 Å². The third-order valence-electron chi connectivity index (χ3n) is 14.9. The van der Waals surface area contributed by atoms with Crippen LogP contribution in [0.4, 0.5) is 0 Å². The van der Waals surface area contributed by atoms with Crippen LogP contribution in [0, 0.1) is 41.4 Å². The molecule has 15 nitrogen and oxygen atoms in total. The lowest BCUT2D eigenvalue weighted by molar-refractivity contribution is -0.265. The van der Waals surface area contributed by atoms with Crippen LogP contribution < -0.4 is 0 Å². The second-order valence-electron chi connectivity index (χ2n) is 20.2. The molecule has 4 bridgehead atoms. The molecule has 0 aromatic rings. The molecule has 0 spiro atoms. The Bertz CT molecular complexity index is 1810. The normalized spacial score (nSPS) is 39.2. The number of esters is 1. The Labute approximate surface area is 405 Å². The number of allylic oxidation sites excluding steroid dienone is 6. The number of fused-ring (bicyclic) bond motifs is 4. The highest BCUT2D eigenvalue weighted by Gasteiger charge is 2.52. The molecule has 68 heavy (non-hydrogen) atoms. The number of piperidine rings is 1. The minimum Gasteiger partial charge on any atom is -0.461 e. The lowest BCUT2D eigenvalue weighted by atomic mass is 9.78. The number of carbonyl (C=O) groups excluding carboxylic acids is 5. The Morgan fingerprint density at radius 2 is 1.60 bits per heavy atom. The summed E-state index contributed by atoms with van der Waals surface area (Å²) in [5, 5.41) is 32.6. The smallest absolute Gasteiger partial charge is 0.311 e. The van der Waals surface area contributed by atoms with Crippen LogP contribution in [0.2, 0.25) is 0 Å². The van der Waals surface area contributed by atoms with E-state index in [0.29, 0.717) is 56.9 Å². The summed E-state index contributed by atoms with van der Waals surface area (Å²) in [6.45, 7) is 13.0. The van der Waals surface area contributed by atoms with E-state index in [1.54, 1.807) is 41.1 Å². The van der Waals surface area contributed by atoms with E-state index in [9.17, 15) is 39.3 Å². The van der Waals surface area contributed by atoms with Crippen LogP contribution in [-0.2, 0) is 52.4 Å². The number of aliphatic hydroxyl groups is 3. The molecular formula is C53H83NO14. The van der Waals surface area contributed by atoms with Crippen molar-refractivity contribution in [1.82, 2.24) is 4.90 Å².